The molecule has 0 aliphatic heterocycles. The van der Waals surface area contributed by atoms with E-state index in [9.17, 15) is 5.11 Å². The van der Waals surface area contributed by atoms with Gasteiger partial charge in [-0.05, 0) is 43.7 Å². The first-order valence-corrected chi connectivity index (χ1v) is 6.05. The third-order valence-electron chi connectivity index (χ3n) is 3.76. The van der Waals surface area contributed by atoms with Crippen molar-refractivity contribution in [1.29, 1.82) is 0 Å². The molecule has 84 valence electrons. The fourth-order valence-corrected chi connectivity index (χ4v) is 2.60. The van der Waals surface area contributed by atoms with E-state index in [1.807, 2.05) is 24.5 Å². The summed E-state index contributed by atoms with van der Waals surface area (Å²) in [5.74, 6) is 0.843. The van der Waals surface area contributed by atoms with Crippen LogP contribution in [0.5, 0.6) is 0 Å². The summed E-state index contributed by atoms with van der Waals surface area (Å²) in [6, 6.07) is 4.03. The molecule has 0 aromatic carbocycles. The zero-order valence-corrected chi connectivity index (χ0v) is 9.52. The van der Waals surface area contributed by atoms with Crippen LogP contribution in [0.3, 0.4) is 0 Å². The van der Waals surface area contributed by atoms with Crippen LogP contribution in [0.2, 0.25) is 0 Å². The van der Waals surface area contributed by atoms with Crippen LogP contribution in [0.25, 0.3) is 0 Å². The molecule has 1 aliphatic rings. The van der Waals surface area contributed by atoms with Gasteiger partial charge in [0.1, 0.15) is 0 Å². The second-order valence-electron chi connectivity index (χ2n) is 4.93. The van der Waals surface area contributed by atoms with Crippen molar-refractivity contribution in [2.45, 2.75) is 51.2 Å². The lowest BCUT2D eigenvalue weighted by Crippen LogP contribution is -2.38. The molecule has 0 radical (unpaired) electrons. The van der Waals surface area contributed by atoms with E-state index < -0.39 is 5.60 Å². The maximum atomic E-state index is 10.4. The van der Waals surface area contributed by atoms with Crippen LogP contribution < -0.4 is 0 Å². The summed E-state index contributed by atoms with van der Waals surface area (Å²) < 4.78 is 2.09. The predicted molar refractivity (Wildman–Crippen MR) is 61.6 cm³/mol. The van der Waals surface area contributed by atoms with Gasteiger partial charge in [0.05, 0.1) is 12.1 Å². The smallest absolute Gasteiger partial charge is 0.0825 e. The zero-order chi connectivity index (χ0) is 10.7. The third kappa shape index (κ3) is 2.63. The van der Waals surface area contributed by atoms with Crippen molar-refractivity contribution in [1.82, 2.24) is 4.57 Å². The Bertz CT molecular complexity index is 283. The molecule has 1 aromatic rings. The molecule has 0 saturated heterocycles. The van der Waals surface area contributed by atoms with Crippen LogP contribution >= 0.6 is 0 Å². The van der Waals surface area contributed by atoms with Gasteiger partial charge in [-0.25, -0.2) is 0 Å². The first kappa shape index (κ1) is 10.7. The van der Waals surface area contributed by atoms with Crippen molar-refractivity contribution in [2.75, 3.05) is 0 Å². The second kappa shape index (κ2) is 4.40. The quantitative estimate of drug-likeness (QED) is 0.810. The van der Waals surface area contributed by atoms with Gasteiger partial charge >= 0.3 is 0 Å². The largest absolute Gasteiger partial charge is 0.388 e. The molecule has 1 fully saturated rings. The Morgan fingerprint density at radius 1 is 1.27 bits per heavy atom. The van der Waals surface area contributed by atoms with Crippen LogP contribution in [-0.2, 0) is 6.54 Å². The maximum Gasteiger partial charge on any atom is 0.0825 e. The first-order chi connectivity index (χ1) is 7.22. The SMILES string of the molecule is CCC1CCC(O)(Cn2cccc2)CC1. The van der Waals surface area contributed by atoms with Gasteiger partial charge in [-0.1, -0.05) is 13.3 Å². The standard InChI is InChI=1S/C13H21NO/c1-2-12-5-7-13(15,8-6-12)11-14-9-3-4-10-14/h3-4,9-10,12,15H,2,5-8,11H2,1H3. The van der Waals surface area contributed by atoms with Gasteiger partial charge in [0.25, 0.3) is 0 Å². The lowest BCUT2D eigenvalue weighted by Gasteiger charge is -2.36. The summed E-state index contributed by atoms with van der Waals surface area (Å²) in [4.78, 5) is 0. The average Bonchev–Trinajstić information content (AvgIpc) is 2.71. The Hall–Kier alpha value is -0.760. The Kier molecular flexibility index (Phi) is 3.15. The van der Waals surface area contributed by atoms with Crippen molar-refractivity contribution in [3.05, 3.63) is 24.5 Å². The van der Waals surface area contributed by atoms with Gasteiger partial charge in [0.15, 0.2) is 0 Å². The highest BCUT2D eigenvalue weighted by Crippen LogP contribution is 2.34. The Balaban J connectivity index is 1.92. The minimum absolute atomic E-state index is 0.454. The van der Waals surface area contributed by atoms with Crippen LogP contribution in [0, 0.1) is 5.92 Å². The van der Waals surface area contributed by atoms with Gasteiger partial charge < -0.3 is 9.67 Å². The molecular weight excluding hydrogens is 186 g/mol. The number of hydrogen-bond donors (Lipinski definition) is 1. The molecule has 15 heavy (non-hydrogen) atoms. The molecule has 1 saturated carbocycles. The Morgan fingerprint density at radius 2 is 1.87 bits per heavy atom. The molecule has 0 spiro atoms. The van der Waals surface area contributed by atoms with Crippen LogP contribution in [0.1, 0.15) is 39.0 Å². The summed E-state index contributed by atoms with van der Waals surface area (Å²) in [6.45, 7) is 3.01. The lowest BCUT2D eigenvalue weighted by molar-refractivity contribution is -0.0239. The molecule has 1 aromatic heterocycles. The Labute approximate surface area is 91.9 Å². The molecule has 2 heteroatoms. The summed E-state index contributed by atoms with van der Waals surface area (Å²) in [5.41, 5.74) is -0.454. The molecule has 1 heterocycles. The van der Waals surface area contributed by atoms with Crippen molar-refractivity contribution < 1.29 is 5.11 Å². The molecule has 0 bridgehead atoms. The number of nitrogens with zero attached hydrogens (tertiary/aromatic N) is 1. The lowest BCUT2D eigenvalue weighted by atomic mass is 9.78. The molecular formula is C13H21NO. The van der Waals surface area contributed by atoms with Crippen LogP contribution in [0.15, 0.2) is 24.5 Å². The topological polar surface area (TPSA) is 25.2 Å². The third-order valence-corrected chi connectivity index (χ3v) is 3.76. The van der Waals surface area contributed by atoms with Gasteiger partial charge in [0, 0.05) is 12.4 Å². The molecule has 0 atom stereocenters. The minimum Gasteiger partial charge on any atom is -0.388 e. The number of aliphatic hydroxyl groups is 1. The fourth-order valence-electron chi connectivity index (χ4n) is 2.60. The van der Waals surface area contributed by atoms with E-state index in [0.29, 0.717) is 0 Å². The summed E-state index contributed by atoms with van der Waals surface area (Å²) in [6.07, 6.45) is 9.63. The molecule has 0 unspecified atom stereocenters. The zero-order valence-electron chi connectivity index (χ0n) is 9.52. The molecule has 2 nitrogen and oxygen atoms in total. The molecule has 2 rings (SSSR count). The van der Waals surface area contributed by atoms with E-state index in [1.54, 1.807) is 0 Å². The highest BCUT2D eigenvalue weighted by molar-refractivity contribution is 4.94. The van der Waals surface area contributed by atoms with Crippen molar-refractivity contribution in [3.63, 3.8) is 0 Å². The van der Waals surface area contributed by atoms with Crippen LogP contribution in [0.4, 0.5) is 0 Å². The second-order valence-corrected chi connectivity index (χ2v) is 4.93. The summed E-state index contributed by atoms with van der Waals surface area (Å²) >= 11 is 0. The van der Waals surface area contributed by atoms with E-state index in [-0.39, 0.29) is 0 Å². The number of rotatable bonds is 3. The van der Waals surface area contributed by atoms with E-state index in [4.69, 9.17) is 0 Å². The van der Waals surface area contributed by atoms with Gasteiger partial charge in [0.2, 0.25) is 0 Å². The van der Waals surface area contributed by atoms with E-state index in [0.717, 1.165) is 25.3 Å². The maximum absolute atomic E-state index is 10.4. The fraction of sp³-hybridized carbons (Fsp3) is 0.692. The van der Waals surface area contributed by atoms with Gasteiger partial charge in [-0.15, -0.1) is 0 Å². The van der Waals surface area contributed by atoms with Crippen LogP contribution in [-0.4, -0.2) is 15.3 Å². The number of hydrogen-bond acceptors (Lipinski definition) is 1. The summed E-state index contributed by atoms with van der Waals surface area (Å²) in [5, 5.41) is 10.4. The number of aromatic nitrogens is 1. The highest BCUT2D eigenvalue weighted by Gasteiger charge is 2.32. The van der Waals surface area contributed by atoms with Gasteiger partial charge in [-0.2, -0.15) is 0 Å². The van der Waals surface area contributed by atoms with Crippen molar-refractivity contribution in [2.24, 2.45) is 5.92 Å². The van der Waals surface area contributed by atoms with E-state index in [1.165, 1.54) is 19.3 Å². The first-order valence-electron chi connectivity index (χ1n) is 6.05. The molecule has 1 N–H and O–H groups in total. The Morgan fingerprint density at radius 3 is 2.40 bits per heavy atom. The minimum atomic E-state index is -0.454. The normalized spacial score (nSPS) is 31.7. The average molecular weight is 207 g/mol. The summed E-state index contributed by atoms with van der Waals surface area (Å²) in [7, 11) is 0. The monoisotopic (exact) mass is 207 g/mol. The van der Waals surface area contributed by atoms with Crippen molar-refractivity contribution in [3.8, 4) is 0 Å². The van der Waals surface area contributed by atoms with Crippen molar-refractivity contribution >= 4 is 0 Å². The van der Waals surface area contributed by atoms with Gasteiger partial charge in [-0.3, -0.25) is 0 Å². The molecule has 0 amide bonds. The predicted octanol–water partition coefficient (Wildman–Crippen LogP) is 2.82. The molecule has 1 aliphatic carbocycles. The van der Waals surface area contributed by atoms with E-state index >= 15 is 0 Å². The van der Waals surface area contributed by atoms with E-state index in [2.05, 4.69) is 11.5 Å². The highest BCUT2D eigenvalue weighted by atomic mass is 16.3.